The van der Waals surface area contributed by atoms with Gasteiger partial charge in [-0.15, -0.1) is 0 Å². The number of rotatable bonds is 9. The highest BCUT2D eigenvalue weighted by Gasteiger charge is 2.27. The third-order valence-corrected chi connectivity index (χ3v) is 3.27. The summed E-state index contributed by atoms with van der Waals surface area (Å²) in [4.78, 5) is 12.6. The van der Waals surface area contributed by atoms with E-state index in [1.54, 1.807) is 23.1 Å². The number of nitrogens with one attached hydrogen (secondary N) is 1. The summed E-state index contributed by atoms with van der Waals surface area (Å²) in [7, 11) is 0. The van der Waals surface area contributed by atoms with Crippen molar-refractivity contribution in [1.82, 2.24) is 10.2 Å². The normalized spacial score (nSPS) is 11.9. The molecule has 0 spiro atoms. The molecule has 0 aliphatic rings. The molecular formula is C15H21F3N2O2. The Morgan fingerprint density at radius 1 is 1.32 bits per heavy atom. The van der Waals surface area contributed by atoms with Gasteiger partial charge in [-0.25, -0.2) is 4.79 Å². The van der Waals surface area contributed by atoms with Crippen molar-refractivity contribution in [1.29, 1.82) is 0 Å². The molecule has 0 fully saturated rings. The molecule has 7 heteroatoms. The molecule has 1 rings (SSSR count). The van der Waals surface area contributed by atoms with Crippen LogP contribution in [-0.2, 0) is 6.54 Å². The second-order valence-corrected chi connectivity index (χ2v) is 4.98. The lowest BCUT2D eigenvalue weighted by Crippen LogP contribution is -2.34. The molecule has 1 aromatic carbocycles. The first-order valence-electron chi connectivity index (χ1n) is 7.14. The minimum absolute atomic E-state index is 0.00379. The molecule has 2 N–H and O–H groups in total. The Balaban J connectivity index is 2.31. The molecule has 0 aliphatic carbocycles. The van der Waals surface area contributed by atoms with E-state index in [4.69, 9.17) is 5.11 Å². The third kappa shape index (κ3) is 7.42. The van der Waals surface area contributed by atoms with E-state index in [-0.39, 0.29) is 12.1 Å². The number of nitrogens with zero attached hydrogens (tertiary/aromatic N) is 1. The highest BCUT2D eigenvalue weighted by Crippen LogP contribution is 2.19. The van der Waals surface area contributed by atoms with E-state index < -0.39 is 18.6 Å². The Labute approximate surface area is 127 Å². The summed E-state index contributed by atoms with van der Waals surface area (Å²) in [5.74, 6) is -0.980. The highest BCUT2D eigenvalue weighted by atomic mass is 19.4. The number of carboxylic acid groups (broad SMARTS) is 1. The van der Waals surface area contributed by atoms with Crippen molar-refractivity contribution in [3.8, 4) is 0 Å². The SMILES string of the molecule is CCN(CCNCc1cccc(C(=O)O)c1)CCC(F)(F)F. The maximum Gasteiger partial charge on any atom is 0.390 e. The third-order valence-electron chi connectivity index (χ3n) is 3.27. The van der Waals surface area contributed by atoms with Crippen molar-refractivity contribution in [2.24, 2.45) is 0 Å². The standard InChI is InChI=1S/C15H21F3N2O2/c1-2-20(8-6-15(16,17)18)9-7-19-11-12-4-3-5-13(10-12)14(21)22/h3-5,10,19H,2,6-9,11H2,1H3,(H,21,22). The fourth-order valence-corrected chi connectivity index (χ4v) is 2.00. The number of carbonyl (C=O) groups is 1. The summed E-state index contributed by atoms with van der Waals surface area (Å²) >= 11 is 0. The molecule has 0 saturated carbocycles. The molecule has 0 atom stereocenters. The molecule has 4 nitrogen and oxygen atoms in total. The van der Waals surface area contributed by atoms with Crippen molar-refractivity contribution >= 4 is 5.97 Å². The van der Waals surface area contributed by atoms with Crippen molar-refractivity contribution in [3.63, 3.8) is 0 Å². The van der Waals surface area contributed by atoms with Gasteiger partial charge >= 0.3 is 12.1 Å². The van der Waals surface area contributed by atoms with Crippen LogP contribution in [0.25, 0.3) is 0 Å². The summed E-state index contributed by atoms with van der Waals surface area (Å²) in [6.45, 7) is 3.93. The van der Waals surface area contributed by atoms with E-state index in [9.17, 15) is 18.0 Å². The summed E-state index contributed by atoms with van der Waals surface area (Å²) in [6, 6.07) is 6.57. The van der Waals surface area contributed by atoms with Crippen LogP contribution in [0.2, 0.25) is 0 Å². The van der Waals surface area contributed by atoms with E-state index in [2.05, 4.69) is 5.32 Å². The minimum Gasteiger partial charge on any atom is -0.478 e. The first-order valence-corrected chi connectivity index (χ1v) is 7.14. The number of aromatic carboxylic acids is 1. The first kappa shape index (κ1) is 18.4. The van der Waals surface area contributed by atoms with E-state index in [1.165, 1.54) is 6.07 Å². The van der Waals surface area contributed by atoms with Crippen LogP contribution in [0, 0.1) is 0 Å². The number of hydrogen-bond donors (Lipinski definition) is 2. The van der Waals surface area contributed by atoms with Gasteiger partial charge in [-0.3, -0.25) is 0 Å². The first-order chi connectivity index (χ1) is 10.3. The number of halogens is 3. The Morgan fingerprint density at radius 2 is 2.05 bits per heavy atom. The zero-order valence-electron chi connectivity index (χ0n) is 12.5. The lowest BCUT2D eigenvalue weighted by molar-refractivity contribution is -0.137. The van der Waals surface area contributed by atoms with Crippen LogP contribution in [0.5, 0.6) is 0 Å². The largest absolute Gasteiger partial charge is 0.478 e. The van der Waals surface area contributed by atoms with Crippen LogP contribution in [0.15, 0.2) is 24.3 Å². The molecule has 0 bridgehead atoms. The number of likely N-dealkylation sites (N-methyl/N-ethyl adjacent to an activating group) is 1. The monoisotopic (exact) mass is 318 g/mol. The quantitative estimate of drug-likeness (QED) is 0.688. The predicted octanol–water partition coefficient (Wildman–Crippen LogP) is 2.75. The number of alkyl halides is 3. The van der Waals surface area contributed by atoms with E-state index in [1.807, 2.05) is 6.92 Å². The van der Waals surface area contributed by atoms with Crippen molar-refractivity contribution < 1.29 is 23.1 Å². The van der Waals surface area contributed by atoms with Crippen LogP contribution >= 0.6 is 0 Å². The van der Waals surface area contributed by atoms with Gasteiger partial charge in [-0.05, 0) is 24.2 Å². The van der Waals surface area contributed by atoms with Crippen LogP contribution in [0.3, 0.4) is 0 Å². The Morgan fingerprint density at radius 3 is 2.64 bits per heavy atom. The molecular weight excluding hydrogens is 297 g/mol. The van der Waals surface area contributed by atoms with Gasteiger partial charge in [0.25, 0.3) is 0 Å². The second-order valence-electron chi connectivity index (χ2n) is 4.98. The lowest BCUT2D eigenvalue weighted by Gasteiger charge is -2.21. The van der Waals surface area contributed by atoms with Crippen LogP contribution in [-0.4, -0.2) is 48.3 Å². The van der Waals surface area contributed by atoms with Gasteiger partial charge in [0.15, 0.2) is 0 Å². The van der Waals surface area contributed by atoms with E-state index >= 15 is 0 Å². The number of benzene rings is 1. The molecule has 0 aliphatic heterocycles. The maximum atomic E-state index is 12.2. The molecule has 124 valence electrons. The Bertz CT molecular complexity index is 478. The fraction of sp³-hybridized carbons (Fsp3) is 0.533. The summed E-state index contributed by atoms with van der Waals surface area (Å²) < 4.78 is 36.5. The molecule has 0 aromatic heterocycles. The van der Waals surface area contributed by atoms with Crippen molar-refractivity contribution in [2.45, 2.75) is 26.1 Å². The van der Waals surface area contributed by atoms with Crippen LogP contribution in [0.4, 0.5) is 13.2 Å². The Hall–Kier alpha value is -1.60. The van der Waals surface area contributed by atoms with Crippen molar-refractivity contribution in [3.05, 3.63) is 35.4 Å². The molecule has 0 unspecified atom stereocenters. The molecule has 22 heavy (non-hydrogen) atoms. The average Bonchev–Trinajstić information content (AvgIpc) is 2.45. The van der Waals surface area contributed by atoms with Gasteiger partial charge in [0.05, 0.1) is 12.0 Å². The van der Waals surface area contributed by atoms with Gasteiger partial charge in [0, 0.05) is 26.2 Å². The smallest absolute Gasteiger partial charge is 0.390 e. The van der Waals surface area contributed by atoms with Crippen molar-refractivity contribution in [2.75, 3.05) is 26.2 Å². The topological polar surface area (TPSA) is 52.6 Å². The molecule has 1 aromatic rings. The molecule has 0 radical (unpaired) electrons. The van der Waals surface area contributed by atoms with E-state index in [0.29, 0.717) is 26.2 Å². The minimum atomic E-state index is -4.13. The summed E-state index contributed by atoms with van der Waals surface area (Å²) in [5.41, 5.74) is 1.05. The Kier molecular flexibility index (Phi) is 7.34. The fourth-order valence-electron chi connectivity index (χ4n) is 2.00. The maximum absolute atomic E-state index is 12.2. The van der Waals surface area contributed by atoms with Gasteiger partial charge in [-0.2, -0.15) is 13.2 Å². The number of carboxylic acids is 1. The van der Waals surface area contributed by atoms with Gasteiger partial charge < -0.3 is 15.3 Å². The molecule has 0 saturated heterocycles. The van der Waals surface area contributed by atoms with Gasteiger partial charge in [0.2, 0.25) is 0 Å². The molecule has 0 amide bonds. The second kappa shape index (κ2) is 8.75. The van der Waals surface area contributed by atoms with E-state index in [0.717, 1.165) is 5.56 Å². The summed E-state index contributed by atoms with van der Waals surface area (Å²) in [5, 5.41) is 12.0. The highest BCUT2D eigenvalue weighted by molar-refractivity contribution is 5.87. The molecule has 0 heterocycles. The average molecular weight is 318 g/mol. The zero-order valence-corrected chi connectivity index (χ0v) is 12.5. The lowest BCUT2D eigenvalue weighted by atomic mass is 10.1. The van der Waals surface area contributed by atoms with Crippen LogP contribution < -0.4 is 5.32 Å². The van der Waals surface area contributed by atoms with Gasteiger partial charge in [-0.1, -0.05) is 19.1 Å². The summed E-state index contributed by atoms with van der Waals surface area (Å²) in [6.07, 6.45) is -4.93. The zero-order chi connectivity index (χ0) is 16.6. The predicted molar refractivity (Wildman–Crippen MR) is 77.9 cm³/mol. The van der Waals surface area contributed by atoms with Gasteiger partial charge in [0.1, 0.15) is 0 Å². The van der Waals surface area contributed by atoms with Crippen LogP contribution in [0.1, 0.15) is 29.3 Å². The number of hydrogen-bond acceptors (Lipinski definition) is 3.